The molecule has 0 saturated carbocycles. The molecule has 6 nitrogen and oxygen atoms in total. The van der Waals surface area contributed by atoms with Crippen LogP contribution in [0, 0.1) is 20.8 Å². The van der Waals surface area contributed by atoms with E-state index in [0.29, 0.717) is 23.7 Å². The van der Waals surface area contributed by atoms with Crippen LogP contribution in [0.5, 0.6) is 17.2 Å². The molecule has 1 N–H and O–H groups in total. The van der Waals surface area contributed by atoms with E-state index in [0.717, 1.165) is 23.1 Å². The van der Waals surface area contributed by atoms with E-state index in [4.69, 9.17) is 18.7 Å². The molecule has 0 radical (unpaired) electrons. The third kappa shape index (κ3) is 7.78. The third-order valence-corrected chi connectivity index (χ3v) is 5.64. The Morgan fingerprint density at radius 2 is 1.03 bits per heavy atom. The fraction of sp³-hybridized carbons (Fsp3) is 0.240. The highest BCUT2D eigenvalue weighted by molar-refractivity contribution is 7.49. The minimum absolute atomic E-state index is 0.292. The average Bonchev–Trinajstić information content (AvgIpc) is 2.74. The number of rotatable bonds is 8. The van der Waals surface area contributed by atoms with Crippen molar-refractivity contribution in [3.05, 3.63) is 89.5 Å². The number of para-hydroxylation sites is 3. The van der Waals surface area contributed by atoms with E-state index < -0.39 is 13.8 Å². The highest BCUT2D eigenvalue weighted by Crippen LogP contribution is 2.51. The van der Waals surface area contributed by atoms with Gasteiger partial charge >= 0.3 is 13.8 Å². The number of hydrogen-bond acceptors (Lipinski definition) is 5. The van der Waals surface area contributed by atoms with Gasteiger partial charge in [-0.25, -0.2) is 0 Å². The van der Waals surface area contributed by atoms with Crippen molar-refractivity contribution in [3.63, 3.8) is 0 Å². The first-order chi connectivity index (χ1) is 15.2. The van der Waals surface area contributed by atoms with Crippen molar-refractivity contribution in [2.45, 2.75) is 40.5 Å². The van der Waals surface area contributed by atoms with E-state index in [-0.39, 0.29) is 0 Å². The topological polar surface area (TPSA) is 82.1 Å². The molecule has 0 atom stereocenters. The van der Waals surface area contributed by atoms with Crippen LogP contribution < -0.4 is 13.6 Å². The summed E-state index contributed by atoms with van der Waals surface area (Å²) in [5.74, 6) is 0.659. The minimum Gasteiger partial charge on any atom is -0.481 e. The monoisotopic (exact) mass is 456 g/mol. The van der Waals surface area contributed by atoms with Crippen LogP contribution in [0.3, 0.4) is 0 Å². The number of phosphoric ester groups is 1. The molecule has 170 valence electrons. The van der Waals surface area contributed by atoms with Crippen molar-refractivity contribution < 1.29 is 28.0 Å². The smallest absolute Gasteiger partial charge is 0.481 e. The lowest BCUT2D eigenvalue weighted by Gasteiger charge is -2.21. The Hall–Kier alpha value is -3.24. The fourth-order valence-corrected chi connectivity index (χ4v) is 4.06. The lowest BCUT2D eigenvalue weighted by Crippen LogP contribution is -2.09. The van der Waals surface area contributed by atoms with E-state index in [9.17, 15) is 9.36 Å². The molecule has 0 amide bonds. The molecule has 0 heterocycles. The molecular formula is C25H29O6P. The number of benzene rings is 3. The summed E-state index contributed by atoms with van der Waals surface area (Å²) in [6.07, 6.45) is 1.02. The van der Waals surface area contributed by atoms with Gasteiger partial charge in [0.25, 0.3) is 0 Å². The molecule has 3 aromatic carbocycles. The number of carbonyl (C=O) groups is 1. The van der Waals surface area contributed by atoms with Crippen LogP contribution in [0.4, 0.5) is 0 Å². The molecule has 0 bridgehead atoms. The van der Waals surface area contributed by atoms with E-state index in [1.165, 1.54) is 0 Å². The first-order valence-corrected chi connectivity index (χ1v) is 11.8. The maximum Gasteiger partial charge on any atom is 0.647 e. The second kappa shape index (κ2) is 12.0. The molecule has 0 aromatic heterocycles. The third-order valence-electron chi connectivity index (χ3n) is 4.38. The summed E-state index contributed by atoms with van der Waals surface area (Å²) in [4.78, 5) is 9.60. The van der Waals surface area contributed by atoms with Crippen molar-refractivity contribution in [3.8, 4) is 17.2 Å². The van der Waals surface area contributed by atoms with Gasteiger partial charge in [0.2, 0.25) is 0 Å². The van der Waals surface area contributed by atoms with Gasteiger partial charge in [0.05, 0.1) is 0 Å². The molecule has 32 heavy (non-hydrogen) atoms. The van der Waals surface area contributed by atoms with Gasteiger partial charge in [0.15, 0.2) is 0 Å². The second-order valence-corrected chi connectivity index (χ2v) is 8.60. The number of aliphatic carboxylic acids is 1. The van der Waals surface area contributed by atoms with Gasteiger partial charge in [-0.15, -0.1) is 0 Å². The Bertz CT molecular complexity index is 957. The maximum atomic E-state index is 13.5. The highest BCUT2D eigenvalue weighted by atomic mass is 31.2. The lowest BCUT2D eigenvalue weighted by molar-refractivity contribution is -0.137. The van der Waals surface area contributed by atoms with Crippen LogP contribution in [-0.4, -0.2) is 11.1 Å². The summed E-state index contributed by atoms with van der Waals surface area (Å²) in [7, 11) is -3.97. The zero-order valence-electron chi connectivity index (χ0n) is 18.8. The number of hydrogen-bond donors (Lipinski definition) is 1. The largest absolute Gasteiger partial charge is 0.647 e. The Kier molecular flexibility index (Phi) is 9.36. The Morgan fingerprint density at radius 3 is 1.25 bits per heavy atom. The molecule has 0 aliphatic heterocycles. The molecule has 0 spiro atoms. The summed E-state index contributed by atoms with van der Waals surface area (Å²) >= 11 is 0. The predicted molar refractivity (Wildman–Crippen MR) is 126 cm³/mol. The number of aryl methyl sites for hydroxylation is 3. The molecule has 3 rings (SSSR count). The molecule has 0 aliphatic carbocycles. The zero-order chi connectivity index (χ0) is 23.6. The number of carboxylic acids is 1. The lowest BCUT2D eigenvalue weighted by atomic mass is 10.2. The molecule has 0 saturated heterocycles. The van der Waals surface area contributed by atoms with Crippen LogP contribution in [0.1, 0.15) is 36.5 Å². The van der Waals surface area contributed by atoms with Crippen molar-refractivity contribution in [1.82, 2.24) is 0 Å². The summed E-state index contributed by atoms with van der Waals surface area (Å²) in [5.41, 5.74) is 2.53. The Morgan fingerprint density at radius 1 is 0.719 bits per heavy atom. The Labute approximate surface area is 189 Å². The zero-order valence-corrected chi connectivity index (χ0v) is 19.7. The molecular weight excluding hydrogens is 427 g/mol. The van der Waals surface area contributed by atoms with Crippen molar-refractivity contribution in [2.24, 2.45) is 0 Å². The quantitative estimate of drug-likeness (QED) is 0.363. The van der Waals surface area contributed by atoms with Crippen LogP contribution in [0.15, 0.2) is 72.8 Å². The van der Waals surface area contributed by atoms with Crippen LogP contribution >= 0.6 is 7.82 Å². The van der Waals surface area contributed by atoms with Gasteiger partial charge in [-0.05, 0) is 62.1 Å². The molecule has 0 aliphatic rings. The number of phosphoric acid groups is 1. The normalized spacial score (nSPS) is 10.5. The van der Waals surface area contributed by atoms with Gasteiger partial charge in [-0.2, -0.15) is 4.57 Å². The van der Waals surface area contributed by atoms with Gasteiger partial charge in [-0.3, -0.25) is 4.79 Å². The predicted octanol–water partition coefficient (Wildman–Crippen LogP) is 7.13. The standard InChI is InChI=1S/C21H21O4P.C4H8O2/c1-16-10-4-7-13-19(16)23-26(22,24-20-14-8-5-11-17(20)2)25-21-15-9-6-12-18(21)3;1-2-3-4(5)6/h4-15H,1-3H3;2-3H2,1H3,(H,5,6). The van der Waals surface area contributed by atoms with Gasteiger partial charge in [0, 0.05) is 6.42 Å². The molecule has 0 unspecified atom stereocenters. The minimum atomic E-state index is -3.97. The summed E-state index contributed by atoms with van der Waals surface area (Å²) in [5, 5.41) is 7.91. The van der Waals surface area contributed by atoms with Gasteiger partial charge < -0.3 is 18.7 Å². The van der Waals surface area contributed by atoms with Gasteiger partial charge in [-0.1, -0.05) is 61.5 Å². The highest BCUT2D eigenvalue weighted by Gasteiger charge is 2.34. The average molecular weight is 456 g/mol. The molecule has 3 aromatic rings. The first kappa shape index (κ1) is 25.0. The maximum absolute atomic E-state index is 13.5. The van der Waals surface area contributed by atoms with Gasteiger partial charge in [0.1, 0.15) is 17.2 Å². The van der Waals surface area contributed by atoms with Crippen LogP contribution in [0.25, 0.3) is 0 Å². The fourth-order valence-electron chi connectivity index (χ4n) is 2.61. The van der Waals surface area contributed by atoms with Crippen molar-refractivity contribution in [1.29, 1.82) is 0 Å². The van der Waals surface area contributed by atoms with E-state index in [2.05, 4.69) is 0 Å². The van der Waals surface area contributed by atoms with E-state index in [1.807, 2.05) is 82.3 Å². The number of carboxylic acid groups (broad SMARTS) is 1. The summed E-state index contributed by atoms with van der Waals surface area (Å²) in [6, 6.07) is 22.0. The second-order valence-electron chi connectivity index (χ2n) is 7.16. The van der Waals surface area contributed by atoms with Crippen LogP contribution in [-0.2, 0) is 9.36 Å². The van der Waals surface area contributed by atoms with Crippen LogP contribution in [0.2, 0.25) is 0 Å². The summed E-state index contributed by atoms with van der Waals surface area (Å²) in [6.45, 7) is 7.47. The van der Waals surface area contributed by atoms with Crippen molar-refractivity contribution in [2.75, 3.05) is 0 Å². The SMILES string of the molecule is CCCC(=O)O.Cc1ccccc1OP(=O)(Oc1ccccc1C)Oc1ccccc1C. The summed E-state index contributed by atoms with van der Waals surface area (Å²) < 4.78 is 30.8. The van der Waals surface area contributed by atoms with E-state index in [1.54, 1.807) is 18.2 Å². The molecule has 7 heteroatoms. The Balaban J connectivity index is 0.000000534. The molecule has 0 fully saturated rings. The van der Waals surface area contributed by atoms with E-state index >= 15 is 0 Å². The first-order valence-electron chi connectivity index (χ1n) is 10.3. The van der Waals surface area contributed by atoms with Crippen molar-refractivity contribution >= 4 is 13.8 Å².